The van der Waals surface area contributed by atoms with E-state index >= 15 is 0 Å². The number of nitrogens with one attached hydrogen (secondary N) is 1. The van der Waals surface area contributed by atoms with Crippen molar-refractivity contribution in [1.29, 1.82) is 0 Å². The number of carbonyl (C=O) groups excluding carboxylic acids is 2. The Bertz CT molecular complexity index is 993. The summed E-state index contributed by atoms with van der Waals surface area (Å²) in [5, 5.41) is 3.32. The van der Waals surface area contributed by atoms with Gasteiger partial charge in [0.1, 0.15) is 6.10 Å². The molecule has 3 rings (SSSR count). The van der Waals surface area contributed by atoms with Crippen LogP contribution in [0.5, 0.6) is 0 Å². The lowest BCUT2D eigenvalue weighted by atomic mass is 9.65. The Balaban J connectivity index is 1.77. The fourth-order valence-electron chi connectivity index (χ4n) is 7.46. The number of esters is 1. The third-order valence-electron chi connectivity index (χ3n) is 9.65. The van der Waals surface area contributed by atoms with Crippen LogP contribution < -0.4 is 5.32 Å². The van der Waals surface area contributed by atoms with Crippen molar-refractivity contribution in [2.24, 2.45) is 29.6 Å². The molecule has 8 atom stereocenters. The van der Waals surface area contributed by atoms with E-state index in [0.717, 1.165) is 44.9 Å². The summed E-state index contributed by atoms with van der Waals surface area (Å²) in [5.41, 5.74) is 1.33. The lowest BCUT2D eigenvalue weighted by molar-refractivity contribution is -0.158. The fourth-order valence-corrected chi connectivity index (χ4v) is 9.86. The minimum Gasteiger partial charge on any atom is -0.461 e. The Morgan fingerprint density at radius 1 is 0.977 bits per heavy atom. The summed E-state index contributed by atoms with van der Waals surface area (Å²) in [6.45, 7) is 22.0. The molecule has 1 fully saturated rings. The van der Waals surface area contributed by atoms with Crippen LogP contribution in [0, 0.1) is 29.6 Å². The lowest BCUT2D eigenvalue weighted by Gasteiger charge is -2.43. The van der Waals surface area contributed by atoms with Crippen molar-refractivity contribution in [1.82, 2.24) is 5.32 Å². The molecule has 1 saturated carbocycles. The molecule has 1 unspecified atom stereocenters. The van der Waals surface area contributed by atoms with Gasteiger partial charge in [-0.3, -0.25) is 9.59 Å². The number of rotatable bonds is 15. The highest BCUT2D eigenvalue weighted by Gasteiger charge is 2.42. The van der Waals surface area contributed by atoms with Crippen LogP contribution in [0.2, 0.25) is 39.3 Å². The quantitative estimate of drug-likeness (QED) is 0.142. The van der Waals surface area contributed by atoms with Gasteiger partial charge in [-0.25, -0.2) is 0 Å². The summed E-state index contributed by atoms with van der Waals surface area (Å²) in [6, 6.07) is 0.307. The highest BCUT2D eigenvalue weighted by Crippen LogP contribution is 2.45. The topological polar surface area (TPSA) is 73.9 Å². The lowest BCUT2D eigenvalue weighted by Crippen LogP contribution is -2.43. The molecule has 44 heavy (non-hydrogen) atoms. The van der Waals surface area contributed by atoms with Crippen molar-refractivity contribution in [3.63, 3.8) is 0 Å². The zero-order valence-electron chi connectivity index (χ0n) is 29.7. The molecule has 1 amide bonds. The molecule has 1 N–H and O–H groups in total. The molecule has 0 aromatic carbocycles. The maximum atomic E-state index is 13.2. The van der Waals surface area contributed by atoms with Gasteiger partial charge in [0, 0.05) is 18.1 Å². The summed E-state index contributed by atoms with van der Waals surface area (Å²) < 4.78 is 19.8. The molecule has 0 radical (unpaired) electrons. The summed E-state index contributed by atoms with van der Waals surface area (Å²) in [7, 11) is -3.75. The molecule has 0 saturated heterocycles. The Morgan fingerprint density at radius 2 is 1.61 bits per heavy atom. The number of fused-ring (bicyclic) bond motifs is 1. The molecule has 8 heteroatoms. The molecule has 0 spiro atoms. The van der Waals surface area contributed by atoms with Gasteiger partial charge >= 0.3 is 5.97 Å². The maximum Gasteiger partial charge on any atom is 0.308 e. The van der Waals surface area contributed by atoms with E-state index in [9.17, 15) is 9.59 Å². The Morgan fingerprint density at radius 3 is 2.23 bits per heavy atom. The van der Waals surface area contributed by atoms with Crippen LogP contribution in [-0.2, 0) is 23.2 Å². The van der Waals surface area contributed by atoms with Crippen LogP contribution in [0.3, 0.4) is 0 Å². The molecule has 0 heterocycles. The largest absolute Gasteiger partial charge is 0.461 e. The number of carbonyl (C=O) groups is 2. The number of ether oxygens (including phenoxy) is 1. The first-order valence-corrected chi connectivity index (χ1v) is 24.6. The van der Waals surface area contributed by atoms with Crippen molar-refractivity contribution in [3.05, 3.63) is 23.8 Å². The summed E-state index contributed by atoms with van der Waals surface area (Å²) in [5.74, 6) is 1.33. The first-order chi connectivity index (χ1) is 20.5. The van der Waals surface area contributed by atoms with Gasteiger partial charge in [0.15, 0.2) is 16.6 Å². The first-order valence-electron chi connectivity index (χ1n) is 17.8. The van der Waals surface area contributed by atoms with E-state index < -0.39 is 16.6 Å². The van der Waals surface area contributed by atoms with Crippen LogP contribution in [-0.4, -0.2) is 52.9 Å². The summed E-state index contributed by atoms with van der Waals surface area (Å²) in [6.07, 6.45) is 17.4. The molecule has 0 aliphatic heterocycles. The van der Waals surface area contributed by atoms with E-state index in [0.29, 0.717) is 30.2 Å². The summed E-state index contributed by atoms with van der Waals surface area (Å²) in [4.78, 5) is 26.2. The fraction of sp³-hybridized carbons (Fsp3) is 0.833. The molecule has 252 valence electrons. The Kier molecular flexibility index (Phi) is 14.0. The second-order valence-electron chi connectivity index (χ2n) is 16.2. The van der Waals surface area contributed by atoms with Crippen molar-refractivity contribution < 1.29 is 23.2 Å². The van der Waals surface area contributed by atoms with Crippen LogP contribution >= 0.6 is 0 Å². The standard InChI is InChI=1S/C36H65NO5Si2/c1-11-26(3)36(39)40-33-22-25(2)21-28-18-17-27(4)32(35(28)33)20-19-30(41-43(5,6)7)23-31(42-44(8,9)10)24-34(38)37-29-15-13-12-14-16-29/h17-18,21,25-27,29-33,35H,11-16,19-20,22-24H2,1-10H3,(H,37,38)/t25-,26-,27-,30+,31+,32?,33-,35-/m0/s1. The predicted molar refractivity (Wildman–Crippen MR) is 186 cm³/mol. The zero-order chi connectivity index (χ0) is 32.7. The predicted octanol–water partition coefficient (Wildman–Crippen LogP) is 8.80. The smallest absolute Gasteiger partial charge is 0.308 e. The van der Waals surface area contributed by atoms with Gasteiger partial charge in [0.25, 0.3) is 0 Å². The van der Waals surface area contributed by atoms with E-state index in [1.54, 1.807) is 0 Å². The van der Waals surface area contributed by atoms with Gasteiger partial charge in [0.05, 0.1) is 18.4 Å². The molecule has 6 nitrogen and oxygen atoms in total. The van der Waals surface area contributed by atoms with Crippen molar-refractivity contribution >= 4 is 28.5 Å². The van der Waals surface area contributed by atoms with E-state index in [1.807, 2.05) is 13.8 Å². The van der Waals surface area contributed by atoms with Gasteiger partial charge in [-0.05, 0) is 108 Å². The normalized spacial score (nSPS) is 28.4. The third kappa shape index (κ3) is 12.2. The average Bonchev–Trinajstić information content (AvgIpc) is 2.90. The van der Waals surface area contributed by atoms with E-state index in [1.165, 1.54) is 24.8 Å². The van der Waals surface area contributed by atoms with Crippen LogP contribution in [0.15, 0.2) is 23.8 Å². The van der Waals surface area contributed by atoms with Crippen molar-refractivity contribution in [2.45, 2.75) is 162 Å². The second kappa shape index (κ2) is 16.6. The van der Waals surface area contributed by atoms with Gasteiger partial charge in [-0.1, -0.05) is 65.2 Å². The minimum absolute atomic E-state index is 0.0275. The minimum atomic E-state index is -1.89. The molecule has 3 aliphatic rings. The van der Waals surface area contributed by atoms with Crippen LogP contribution in [0.25, 0.3) is 0 Å². The maximum absolute atomic E-state index is 13.2. The average molecular weight is 648 g/mol. The SMILES string of the molecule is CC[C@H](C)C(=O)O[C@H]1C[C@@H](C)C=C2C=C[C@H](C)C(CC[C@H](C[C@H](CC(=O)NC3CCCCC3)O[Si](C)(C)C)O[Si](C)(C)C)[C@H]21. The highest BCUT2D eigenvalue weighted by molar-refractivity contribution is 6.70. The highest BCUT2D eigenvalue weighted by atomic mass is 28.4. The molecular weight excluding hydrogens is 583 g/mol. The van der Waals surface area contributed by atoms with Gasteiger partial charge in [-0.15, -0.1) is 0 Å². The van der Waals surface area contributed by atoms with Gasteiger partial charge in [0.2, 0.25) is 5.91 Å². The van der Waals surface area contributed by atoms with E-state index in [4.69, 9.17) is 13.6 Å². The van der Waals surface area contributed by atoms with E-state index in [2.05, 4.69) is 76.7 Å². The zero-order valence-corrected chi connectivity index (χ0v) is 31.7. The molecule has 3 aliphatic carbocycles. The van der Waals surface area contributed by atoms with Crippen molar-refractivity contribution in [2.75, 3.05) is 0 Å². The first kappa shape index (κ1) is 37.2. The van der Waals surface area contributed by atoms with Crippen molar-refractivity contribution in [3.8, 4) is 0 Å². The Hall–Kier alpha value is -1.23. The monoisotopic (exact) mass is 647 g/mol. The molecule has 0 aromatic heterocycles. The Labute approximate surface area is 271 Å². The van der Waals surface area contributed by atoms with Crippen LogP contribution in [0.1, 0.15) is 98.3 Å². The number of allylic oxidation sites excluding steroid dienone is 3. The van der Waals surface area contributed by atoms with Gasteiger partial charge in [-0.2, -0.15) is 0 Å². The third-order valence-corrected chi connectivity index (χ3v) is 11.7. The second-order valence-corrected chi connectivity index (χ2v) is 25.1. The number of hydrogen-bond acceptors (Lipinski definition) is 5. The number of hydrogen-bond donors (Lipinski definition) is 1. The van der Waals surface area contributed by atoms with Crippen LogP contribution in [0.4, 0.5) is 0 Å². The molecule has 0 aromatic rings. The molecule has 0 bridgehead atoms. The number of amides is 1. The summed E-state index contributed by atoms with van der Waals surface area (Å²) >= 11 is 0. The molecular formula is C36H65NO5Si2. The van der Waals surface area contributed by atoms with Gasteiger partial charge < -0.3 is 18.9 Å². The van der Waals surface area contributed by atoms with E-state index in [-0.39, 0.29) is 42.0 Å².